The van der Waals surface area contributed by atoms with Gasteiger partial charge in [-0.15, -0.1) is 5.10 Å². The van der Waals surface area contributed by atoms with E-state index in [1.165, 1.54) is 19.3 Å². The Morgan fingerprint density at radius 3 is 2.31 bits per heavy atom. The van der Waals surface area contributed by atoms with Crippen molar-refractivity contribution in [3.8, 4) is 17.2 Å². The fraction of sp³-hybridized carbons (Fsp3) is 0.476. The van der Waals surface area contributed by atoms with E-state index in [1.807, 2.05) is 29.8 Å². The highest BCUT2D eigenvalue weighted by molar-refractivity contribution is 5.66. The molecule has 4 rings (SSSR count). The smallest absolute Gasteiger partial charge is 0.245 e. The van der Waals surface area contributed by atoms with Gasteiger partial charge in [0.2, 0.25) is 11.7 Å². The van der Waals surface area contributed by atoms with Crippen LogP contribution in [0, 0.1) is 6.92 Å². The number of aromatic nitrogens is 4. The summed E-state index contributed by atoms with van der Waals surface area (Å²) in [6.45, 7) is 2.01. The molecule has 0 amide bonds. The molecule has 0 unspecified atom stereocenters. The number of nitrogens with one attached hydrogen (secondary N) is 1. The van der Waals surface area contributed by atoms with Crippen molar-refractivity contribution < 1.29 is 14.2 Å². The van der Waals surface area contributed by atoms with Crippen LogP contribution in [0.5, 0.6) is 17.2 Å². The van der Waals surface area contributed by atoms with Gasteiger partial charge >= 0.3 is 0 Å². The van der Waals surface area contributed by atoms with Crippen molar-refractivity contribution in [3.05, 3.63) is 29.8 Å². The number of methoxy groups -OCH3 is 3. The fourth-order valence-electron chi connectivity index (χ4n) is 4.01. The second-order valence-corrected chi connectivity index (χ2v) is 7.31. The van der Waals surface area contributed by atoms with Crippen LogP contribution >= 0.6 is 0 Å². The van der Waals surface area contributed by atoms with Gasteiger partial charge in [-0.25, -0.2) is 14.5 Å². The van der Waals surface area contributed by atoms with Gasteiger partial charge in [0.05, 0.1) is 33.2 Å². The molecule has 0 bridgehead atoms. The van der Waals surface area contributed by atoms with E-state index in [9.17, 15) is 0 Å². The highest BCUT2D eigenvalue weighted by Crippen LogP contribution is 2.40. The molecule has 2 aromatic heterocycles. The number of nitrogens with zero attached hydrogens (tertiary/aromatic N) is 4. The van der Waals surface area contributed by atoms with E-state index < -0.39 is 0 Å². The molecular formula is C21H27N5O3. The molecule has 0 aliphatic heterocycles. The molecular weight excluding hydrogens is 370 g/mol. The molecule has 154 valence electrons. The number of aryl methyl sites for hydroxylation is 1. The third-order valence-electron chi connectivity index (χ3n) is 5.49. The summed E-state index contributed by atoms with van der Waals surface area (Å²) in [6, 6.07) is 3.66. The third kappa shape index (κ3) is 3.66. The van der Waals surface area contributed by atoms with Gasteiger partial charge in [-0.05, 0) is 19.8 Å². The normalized spacial score (nSPS) is 14.8. The van der Waals surface area contributed by atoms with Crippen LogP contribution in [0.2, 0.25) is 0 Å². The van der Waals surface area contributed by atoms with Crippen LogP contribution in [0.1, 0.15) is 49.5 Å². The number of hydrogen-bond acceptors (Lipinski definition) is 7. The van der Waals surface area contributed by atoms with Gasteiger partial charge in [0.15, 0.2) is 11.5 Å². The number of anilines is 2. The van der Waals surface area contributed by atoms with Gasteiger partial charge in [-0.2, -0.15) is 0 Å². The molecule has 1 aromatic carbocycles. The molecule has 1 aliphatic carbocycles. The molecule has 8 nitrogen and oxygen atoms in total. The number of imidazole rings is 1. The quantitative estimate of drug-likeness (QED) is 0.666. The summed E-state index contributed by atoms with van der Waals surface area (Å²) in [5.41, 5.74) is 2.65. The lowest BCUT2D eigenvalue weighted by Gasteiger charge is -2.20. The first-order valence-electron chi connectivity index (χ1n) is 9.94. The van der Waals surface area contributed by atoms with Crippen LogP contribution in [-0.4, -0.2) is 40.9 Å². The lowest BCUT2D eigenvalue weighted by atomic mass is 9.89. The molecule has 8 heteroatoms. The molecule has 0 atom stereocenters. The Labute approximate surface area is 170 Å². The summed E-state index contributed by atoms with van der Waals surface area (Å²) in [5.74, 6) is 3.65. The second kappa shape index (κ2) is 8.14. The highest BCUT2D eigenvalue weighted by Gasteiger charge is 2.22. The molecule has 1 N–H and O–H groups in total. The van der Waals surface area contributed by atoms with Gasteiger partial charge in [-0.3, -0.25) is 0 Å². The van der Waals surface area contributed by atoms with E-state index >= 15 is 0 Å². The Hall–Kier alpha value is -3.03. The molecule has 1 aliphatic rings. The average Bonchev–Trinajstić information content (AvgIpc) is 3.09. The first-order valence-corrected chi connectivity index (χ1v) is 9.94. The van der Waals surface area contributed by atoms with Gasteiger partial charge in [0, 0.05) is 23.7 Å². The van der Waals surface area contributed by atoms with Crippen molar-refractivity contribution in [1.82, 2.24) is 19.6 Å². The fourth-order valence-corrected chi connectivity index (χ4v) is 4.01. The SMILES string of the molecule is COc1cc(Nc2ncc3c(C)nc(C4CCCCC4)n3n2)cc(OC)c1OC. The van der Waals surface area contributed by atoms with E-state index in [0.29, 0.717) is 29.1 Å². The van der Waals surface area contributed by atoms with Gasteiger partial charge in [0.25, 0.3) is 0 Å². The molecule has 0 saturated heterocycles. The Bertz CT molecular complexity index is 986. The number of ether oxygens (including phenoxy) is 3. The summed E-state index contributed by atoms with van der Waals surface area (Å²) in [5, 5.41) is 7.99. The predicted octanol–water partition coefficient (Wildman–Crippen LogP) is 4.25. The van der Waals surface area contributed by atoms with Crippen LogP contribution < -0.4 is 19.5 Å². The molecule has 3 aromatic rings. The Morgan fingerprint density at radius 2 is 1.69 bits per heavy atom. The maximum atomic E-state index is 5.43. The zero-order valence-electron chi connectivity index (χ0n) is 17.4. The molecule has 0 radical (unpaired) electrons. The van der Waals surface area contributed by atoms with E-state index in [-0.39, 0.29) is 0 Å². The average molecular weight is 397 g/mol. The van der Waals surface area contributed by atoms with Crippen molar-refractivity contribution >= 4 is 17.2 Å². The van der Waals surface area contributed by atoms with Crippen LogP contribution in [-0.2, 0) is 0 Å². The standard InChI is InChI=1S/C21H27N5O3/c1-13-16-12-22-21(25-26(16)20(23-13)14-8-6-5-7-9-14)24-15-10-17(27-2)19(29-4)18(11-15)28-3/h10-12,14H,5-9H2,1-4H3,(H,24,25). The highest BCUT2D eigenvalue weighted by atomic mass is 16.5. The first-order chi connectivity index (χ1) is 14.1. The largest absolute Gasteiger partial charge is 0.493 e. The van der Waals surface area contributed by atoms with E-state index in [4.69, 9.17) is 24.3 Å². The summed E-state index contributed by atoms with van der Waals surface area (Å²) >= 11 is 0. The van der Waals surface area contributed by atoms with Crippen molar-refractivity contribution in [2.45, 2.75) is 44.9 Å². The zero-order chi connectivity index (χ0) is 20.4. The minimum atomic E-state index is 0.453. The van der Waals surface area contributed by atoms with Crippen molar-refractivity contribution in [3.63, 3.8) is 0 Å². The number of benzene rings is 1. The second-order valence-electron chi connectivity index (χ2n) is 7.31. The van der Waals surface area contributed by atoms with Gasteiger partial charge < -0.3 is 19.5 Å². The monoisotopic (exact) mass is 397 g/mol. The van der Waals surface area contributed by atoms with Crippen molar-refractivity contribution in [2.24, 2.45) is 0 Å². The number of hydrogen-bond donors (Lipinski definition) is 1. The van der Waals surface area contributed by atoms with Crippen molar-refractivity contribution in [2.75, 3.05) is 26.6 Å². The number of rotatable bonds is 6. The van der Waals surface area contributed by atoms with E-state index in [0.717, 1.165) is 35.6 Å². The van der Waals surface area contributed by atoms with E-state index in [1.54, 1.807) is 21.3 Å². The minimum Gasteiger partial charge on any atom is -0.493 e. The summed E-state index contributed by atoms with van der Waals surface area (Å²) in [6.07, 6.45) is 7.96. The molecule has 1 saturated carbocycles. The first kappa shape index (κ1) is 19.3. The van der Waals surface area contributed by atoms with Crippen LogP contribution in [0.4, 0.5) is 11.6 Å². The predicted molar refractivity (Wildman–Crippen MR) is 111 cm³/mol. The molecule has 1 fully saturated rings. The molecule has 29 heavy (non-hydrogen) atoms. The number of fused-ring (bicyclic) bond motifs is 1. The van der Waals surface area contributed by atoms with Crippen LogP contribution in [0.15, 0.2) is 18.3 Å². The molecule has 2 heterocycles. The summed E-state index contributed by atoms with van der Waals surface area (Å²) in [4.78, 5) is 9.29. The minimum absolute atomic E-state index is 0.453. The summed E-state index contributed by atoms with van der Waals surface area (Å²) < 4.78 is 18.2. The lowest BCUT2D eigenvalue weighted by Crippen LogP contribution is -2.11. The third-order valence-corrected chi connectivity index (χ3v) is 5.49. The Morgan fingerprint density at radius 1 is 1.00 bits per heavy atom. The maximum absolute atomic E-state index is 5.43. The lowest BCUT2D eigenvalue weighted by molar-refractivity contribution is 0.324. The van der Waals surface area contributed by atoms with Gasteiger partial charge in [0.1, 0.15) is 11.3 Å². The Balaban J connectivity index is 1.70. The van der Waals surface area contributed by atoms with Crippen LogP contribution in [0.3, 0.4) is 0 Å². The summed E-state index contributed by atoms with van der Waals surface area (Å²) in [7, 11) is 4.77. The van der Waals surface area contributed by atoms with Crippen molar-refractivity contribution in [1.29, 1.82) is 0 Å². The van der Waals surface area contributed by atoms with E-state index in [2.05, 4.69) is 10.3 Å². The molecule has 0 spiro atoms. The Kier molecular flexibility index (Phi) is 5.42. The van der Waals surface area contributed by atoms with Gasteiger partial charge in [-0.1, -0.05) is 19.3 Å². The van der Waals surface area contributed by atoms with Crippen LogP contribution in [0.25, 0.3) is 5.52 Å². The maximum Gasteiger partial charge on any atom is 0.245 e. The topological polar surface area (TPSA) is 82.8 Å². The zero-order valence-corrected chi connectivity index (χ0v) is 17.4.